The molecule has 0 radical (unpaired) electrons. The van der Waals surface area contributed by atoms with Crippen molar-refractivity contribution in [3.63, 3.8) is 0 Å². The Morgan fingerprint density at radius 3 is 2.65 bits per heavy atom. The molecule has 3 N–H and O–H groups in total. The maximum Gasteiger partial charge on any atom is 0.237 e. The zero-order valence-electron chi connectivity index (χ0n) is 10.5. The zero-order valence-corrected chi connectivity index (χ0v) is 11.2. The van der Waals surface area contributed by atoms with Gasteiger partial charge in [0.1, 0.15) is 0 Å². The van der Waals surface area contributed by atoms with Crippen LogP contribution in [0, 0.1) is 5.41 Å². The van der Waals surface area contributed by atoms with E-state index in [1.165, 1.54) is 0 Å². The van der Waals surface area contributed by atoms with Crippen LogP contribution in [-0.4, -0.2) is 11.9 Å². The van der Waals surface area contributed by atoms with Gasteiger partial charge in [0.05, 0.1) is 6.04 Å². The van der Waals surface area contributed by atoms with Gasteiger partial charge in [-0.1, -0.05) is 44.5 Å². The smallest absolute Gasteiger partial charge is 0.237 e. The SMILES string of the molecule is CC(C)(C)C(N)C(=O)NCc1cccc(Cl)c1. The summed E-state index contributed by atoms with van der Waals surface area (Å²) >= 11 is 5.86. The van der Waals surface area contributed by atoms with Crippen LogP contribution >= 0.6 is 11.6 Å². The quantitative estimate of drug-likeness (QED) is 0.870. The van der Waals surface area contributed by atoms with Crippen molar-refractivity contribution in [1.82, 2.24) is 5.32 Å². The Kier molecular flexibility index (Phi) is 4.54. The predicted molar refractivity (Wildman–Crippen MR) is 70.7 cm³/mol. The Morgan fingerprint density at radius 1 is 1.47 bits per heavy atom. The largest absolute Gasteiger partial charge is 0.351 e. The molecule has 1 atom stereocenters. The average Bonchev–Trinajstić information content (AvgIpc) is 2.23. The van der Waals surface area contributed by atoms with E-state index in [9.17, 15) is 4.79 Å². The summed E-state index contributed by atoms with van der Waals surface area (Å²) in [5.74, 6) is -0.141. The van der Waals surface area contributed by atoms with Gasteiger partial charge in [-0.2, -0.15) is 0 Å². The zero-order chi connectivity index (χ0) is 13.1. The van der Waals surface area contributed by atoms with Crippen LogP contribution in [0.15, 0.2) is 24.3 Å². The van der Waals surface area contributed by atoms with E-state index in [1.54, 1.807) is 6.07 Å². The minimum absolute atomic E-state index is 0.141. The molecule has 1 aromatic rings. The van der Waals surface area contributed by atoms with Crippen molar-refractivity contribution in [1.29, 1.82) is 0 Å². The van der Waals surface area contributed by atoms with Crippen molar-refractivity contribution in [2.45, 2.75) is 33.4 Å². The molecule has 1 aromatic carbocycles. The first kappa shape index (κ1) is 14.0. The molecule has 0 bridgehead atoms. The third kappa shape index (κ3) is 4.36. The topological polar surface area (TPSA) is 55.1 Å². The van der Waals surface area contributed by atoms with Crippen LogP contribution in [0.1, 0.15) is 26.3 Å². The van der Waals surface area contributed by atoms with Crippen molar-refractivity contribution >= 4 is 17.5 Å². The van der Waals surface area contributed by atoms with Gasteiger partial charge < -0.3 is 11.1 Å². The number of carbonyl (C=O) groups is 1. The second-order valence-corrected chi connectivity index (χ2v) is 5.63. The molecule has 1 unspecified atom stereocenters. The highest BCUT2D eigenvalue weighted by Crippen LogP contribution is 2.17. The lowest BCUT2D eigenvalue weighted by atomic mass is 9.87. The van der Waals surface area contributed by atoms with E-state index in [1.807, 2.05) is 39.0 Å². The van der Waals surface area contributed by atoms with Crippen LogP contribution in [0.25, 0.3) is 0 Å². The van der Waals surface area contributed by atoms with Crippen LogP contribution in [-0.2, 0) is 11.3 Å². The summed E-state index contributed by atoms with van der Waals surface area (Å²) in [7, 11) is 0. The summed E-state index contributed by atoms with van der Waals surface area (Å²) in [6, 6.07) is 6.88. The molecule has 0 aliphatic rings. The van der Waals surface area contributed by atoms with Crippen molar-refractivity contribution in [2.24, 2.45) is 11.1 Å². The summed E-state index contributed by atoms with van der Waals surface area (Å²) in [4.78, 5) is 11.8. The van der Waals surface area contributed by atoms with Crippen LogP contribution in [0.3, 0.4) is 0 Å². The number of halogens is 1. The van der Waals surface area contributed by atoms with Crippen LogP contribution < -0.4 is 11.1 Å². The lowest BCUT2D eigenvalue weighted by Crippen LogP contribution is -2.48. The summed E-state index contributed by atoms with van der Waals surface area (Å²) in [6.45, 7) is 6.27. The van der Waals surface area contributed by atoms with E-state index in [4.69, 9.17) is 17.3 Å². The van der Waals surface area contributed by atoms with Gasteiger partial charge in [0.15, 0.2) is 0 Å². The number of hydrogen-bond acceptors (Lipinski definition) is 2. The van der Waals surface area contributed by atoms with Crippen molar-refractivity contribution < 1.29 is 4.79 Å². The molecule has 1 rings (SSSR count). The number of amides is 1. The molecule has 0 fully saturated rings. The molecule has 1 amide bonds. The van der Waals surface area contributed by atoms with E-state index < -0.39 is 6.04 Å². The molecular formula is C13H19ClN2O. The Labute approximate surface area is 107 Å². The maximum absolute atomic E-state index is 11.8. The molecule has 0 aliphatic carbocycles. The van der Waals surface area contributed by atoms with Crippen molar-refractivity contribution in [3.05, 3.63) is 34.9 Å². The molecule has 94 valence electrons. The predicted octanol–water partition coefficient (Wildman–Crippen LogP) is 2.33. The number of nitrogens with two attached hydrogens (primary N) is 1. The van der Waals surface area contributed by atoms with Gasteiger partial charge in [-0.25, -0.2) is 0 Å². The molecule has 0 aromatic heterocycles. The van der Waals surface area contributed by atoms with E-state index in [2.05, 4.69) is 5.32 Å². The monoisotopic (exact) mass is 254 g/mol. The van der Waals surface area contributed by atoms with Crippen LogP contribution in [0.2, 0.25) is 5.02 Å². The van der Waals surface area contributed by atoms with Gasteiger partial charge in [-0.3, -0.25) is 4.79 Å². The second-order valence-electron chi connectivity index (χ2n) is 5.19. The fourth-order valence-electron chi connectivity index (χ4n) is 1.34. The molecule has 0 aliphatic heterocycles. The van der Waals surface area contributed by atoms with Crippen molar-refractivity contribution in [3.8, 4) is 0 Å². The van der Waals surface area contributed by atoms with Gasteiger partial charge >= 0.3 is 0 Å². The molecule has 17 heavy (non-hydrogen) atoms. The van der Waals surface area contributed by atoms with Crippen molar-refractivity contribution in [2.75, 3.05) is 0 Å². The Morgan fingerprint density at radius 2 is 2.12 bits per heavy atom. The lowest BCUT2D eigenvalue weighted by molar-refractivity contribution is -0.124. The minimum atomic E-state index is -0.512. The fraction of sp³-hybridized carbons (Fsp3) is 0.462. The molecule has 3 nitrogen and oxygen atoms in total. The van der Waals surface area contributed by atoms with E-state index >= 15 is 0 Å². The minimum Gasteiger partial charge on any atom is -0.351 e. The van der Waals surface area contributed by atoms with Crippen LogP contribution in [0.4, 0.5) is 0 Å². The number of carbonyl (C=O) groups excluding carboxylic acids is 1. The highest BCUT2D eigenvalue weighted by atomic mass is 35.5. The van der Waals surface area contributed by atoms with E-state index in [0.717, 1.165) is 5.56 Å². The van der Waals surface area contributed by atoms with Gasteiger partial charge in [0, 0.05) is 11.6 Å². The normalized spacial score (nSPS) is 13.2. The summed E-state index contributed by atoms with van der Waals surface area (Å²) < 4.78 is 0. The molecular weight excluding hydrogens is 236 g/mol. The first-order valence-electron chi connectivity index (χ1n) is 5.58. The van der Waals surface area contributed by atoms with Gasteiger partial charge in [-0.05, 0) is 23.1 Å². The lowest BCUT2D eigenvalue weighted by Gasteiger charge is -2.25. The number of nitrogens with one attached hydrogen (secondary N) is 1. The summed E-state index contributed by atoms with van der Waals surface area (Å²) in [6.07, 6.45) is 0. The highest BCUT2D eigenvalue weighted by Gasteiger charge is 2.26. The summed E-state index contributed by atoms with van der Waals surface area (Å²) in [5.41, 5.74) is 6.58. The number of rotatable bonds is 3. The van der Waals surface area contributed by atoms with Gasteiger partial charge in [-0.15, -0.1) is 0 Å². The Bertz CT molecular complexity index is 399. The average molecular weight is 255 g/mol. The standard InChI is InChI=1S/C13H19ClN2O/c1-13(2,3)11(15)12(17)16-8-9-5-4-6-10(14)7-9/h4-7,11H,8,15H2,1-3H3,(H,16,17). The molecule has 0 spiro atoms. The molecule has 4 heteroatoms. The van der Waals surface area contributed by atoms with Gasteiger partial charge in [0.2, 0.25) is 5.91 Å². The fourth-order valence-corrected chi connectivity index (χ4v) is 1.55. The van der Waals surface area contributed by atoms with E-state index in [-0.39, 0.29) is 11.3 Å². The van der Waals surface area contributed by atoms with Gasteiger partial charge in [0.25, 0.3) is 0 Å². The van der Waals surface area contributed by atoms with E-state index in [0.29, 0.717) is 11.6 Å². The number of benzene rings is 1. The molecule has 0 saturated carbocycles. The third-order valence-electron chi connectivity index (χ3n) is 2.57. The van der Waals surface area contributed by atoms with Crippen LogP contribution in [0.5, 0.6) is 0 Å². The first-order chi connectivity index (χ1) is 7.80. The molecule has 0 saturated heterocycles. The second kappa shape index (κ2) is 5.52. The number of hydrogen-bond donors (Lipinski definition) is 2. The first-order valence-corrected chi connectivity index (χ1v) is 5.96. The summed E-state index contributed by atoms with van der Waals surface area (Å²) in [5, 5.41) is 3.47. The maximum atomic E-state index is 11.8. The molecule has 0 heterocycles. The highest BCUT2D eigenvalue weighted by molar-refractivity contribution is 6.30. The Hall–Kier alpha value is -1.06. The third-order valence-corrected chi connectivity index (χ3v) is 2.81. The Balaban J connectivity index is 2.54.